The molecule has 0 heteroatoms. The molecule has 196 valence electrons. The van der Waals surface area contributed by atoms with E-state index in [1.807, 2.05) is 0 Å². The first-order valence-electron chi connectivity index (χ1n) is 14.8. The standard InChI is InChI=1S/C40H36/c1-4-13-31-32-18-11-12-19-33(32)36(28-16-9-6-10-17-28)26-37(31)30-21-23-35-34-22-20-29(27-14-7-5-8-15-27)24-38(34)40(2,3)39(35)25-30/h5-12,14-26,31,37H,4,13H2,1-3H3. The Labute approximate surface area is 239 Å². The van der Waals surface area contributed by atoms with E-state index in [-0.39, 0.29) is 5.41 Å². The highest BCUT2D eigenvalue weighted by atomic mass is 14.4. The molecule has 0 bridgehead atoms. The molecule has 0 saturated carbocycles. The van der Waals surface area contributed by atoms with Gasteiger partial charge >= 0.3 is 0 Å². The first-order valence-corrected chi connectivity index (χ1v) is 14.8. The van der Waals surface area contributed by atoms with Crippen LogP contribution in [0.5, 0.6) is 0 Å². The van der Waals surface area contributed by atoms with Crippen molar-refractivity contribution in [2.75, 3.05) is 0 Å². The summed E-state index contributed by atoms with van der Waals surface area (Å²) in [5.41, 5.74) is 15.2. The van der Waals surface area contributed by atoms with E-state index in [0.29, 0.717) is 11.8 Å². The van der Waals surface area contributed by atoms with Gasteiger partial charge in [-0.1, -0.05) is 149 Å². The van der Waals surface area contributed by atoms with Gasteiger partial charge in [0.15, 0.2) is 0 Å². The lowest BCUT2D eigenvalue weighted by Gasteiger charge is -2.34. The van der Waals surface area contributed by atoms with Crippen molar-refractivity contribution in [1.82, 2.24) is 0 Å². The Bertz CT molecular complexity index is 1720. The Morgan fingerprint density at radius 3 is 1.93 bits per heavy atom. The predicted molar refractivity (Wildman–Crippen MR) is 170 cm³/mol. The molecule has 0 spiro atoms. The summed E-state index contributed by atoms with van der Waals surface area (Å²) in [6.07, 6.45) is 4.93. The van der Waals surface area contributed by atoms with E-state index in [9.17, 15) is 0 Å². The van der Waals surface area contributed by atoms with Crippen LogP contribution in [0.1, 0.15) is 78.8 Å². The molecule has 0 fully saturated rings. The molecule has 0 amide bonds. The average molecular weight is 517 g/mol. The second-order valence-electron chi connectivity index (χ2n) is 12.0. The number of fused-ring (bicyclic) bond motifs is 4. The second kappa shape index (κ2) is 9.79. The van der Waals surface area contributed by atoms with E-state index >= 15 is 0 Å². The van der Waals surface area contributed by atoms with Crippen LogP contribution < -0.4 is 0 Å². The van der Waals surface area contributed by atoms with Crippen molar-refractivity contribution in [3.8, 4) is 22.3 Å². The summed E-state index contributed by atoms with van der Waals surface area (Å²) in [5, 5.41) is 0. The zero-order valence-corrected chi connectivity index (χ0v) is 23.7. The van der Waals surface area contributed by atoms with Gasteiger partial charge in [-0.15, -0.1) is 0 Å². The summed E-state index contributed by atoms with van der Waals surface area (Å²) >= 11 is 0. The highest BCUT2D eigenvalue weighted by Gasteiger charge is 2.37. The van der Waals surface area contributed by atoms with Gasteiger partial charge < -0.3 is 0 Å². The van der Waals surface area contributed by atoms with Crippen molar-refractivity contribution in [3.05, 3.63) is 161 Å². The van der Waals surface area contributed by atoms with Crippen LogP contribution in [0.25, 0.3) is 27.8 Å². The fourth-order valence-electron chi connectivity index (χ4n) is 7.26. The zero-order chi connectivity index (χ0) is 27.3. The lowest BCUT2D eigenvalue weighted by atomic mass is 9.70. The van der Waals surface area contributed by atoms with Gasteiger partial charge in [-0.2, -0.15) is 0 Å². The molecular formula is C40H36. The van der Waals surface area contributed by atoms with E-state index in [4.69, 9.17) is 0 Å². The number of allylic oxidation sites excluding steroid dienone is 1. The third-order valence-corrected chi connectivity index (χ3v) is 9.31. The Morgan fingerprint density at radius 2 is 1.20 bits per heavy atom. The largest absolute Gasteiger partial charge is 0.0679 e. The van der Waals surface area contributed by atoms with Crippen molar-refractivity contribution in [2.45, 2.75) is 50.9 Å². The molecule has 0 radical (unpaired) electrons. The summed E-state index contributed by atoms with van der Waals surface area (Å²) in [4.78, 5) is 0. The highest BCUT2D eigenvalue weighted by molar-refractivity contribution is 5.86. The summed E-state index contributed by atoms with van der Waals surface area (Å²) in [7, 11) is 0. The summed E-state index contributed by atoms with van der Waals surface area (Å²) < 4.78 is 0. The van der Waals surface area contributed by atoms with E-state index in [1.54, 1.807) is 0 Å². The highest BCUT2D eigenvalue weighted by Crippen LogP contribution is 2.53. The molecule has 40 heavy (non-hydrogen) atoms. The van der Waals surface area contributed by atoms with Crippen LogP contribution in [0.15, 0.2) is 127 Å². The van der Waals surface area contributed by atoms with Crippen LogP contribution in [0.3, 0.4) is 0 Å². The fourth-order valence-corrected chi connectivity index (χ4v) is 7.26. The van der Waals surface area contributed by atoms with E-state index in [0.717, 1.165) is 0 Å². The third kappa shape index (κ3) is 3.97. The zero-order valence-electron chi connectivity index (χ0n) is 23.7. The van der Waals surface area contributed by atoms with Gasteiger partial charge in [-0.05, 0) is 79.6 Å². The SMILES string of the molecule is CCCC1c2ccccc2C(c2ccccc2)=CC1c1ccc2c(c1)C(C)(C)c1cc(-c3ccccc3)ccc1-2. The normalized spacial score (nSPS) is 18.4. The van der Waals surface area contributed by atoms with Crippen LogP contribution in [0, 0.1) is 0 Å². The molecule has 5 aromatic carbocycles. The van der Waals surface area contributed by atoms with Crippen LogP contribution in [-0.4, -0.2) is 0 Å². The number of rotatable bonds is 5. The molecule has 0 saturated heterocycles. The maximum atomic E-state index is 2.57. The van der Waals surface area contributed by atoms with Gasteiger partial charge in [0, 0.05) is 11.3 Å². The number of hydrogen-bond donors (Lipinski definition) is 0. The lowest BCUT2D eigenvalue weighted by molar-refractivity contribution is 0.554. The second-order valence-corrected chi connectivity index (χ2v) is 12.0. The van der Waals surface area contributed by atoms with E-state index in [1.165, 1.54) is 74.0 Å². The van der Waals surface area contributed by atoms with Crippen LogP contribution >= 0.6 is 0 Å². The average Bonchev–Trinajstić information content (AvgIpc) is 3.23. The van der Waals surface area contributed by atoms with E-state index < -0.39 is 0 Å². The molecule has 0 aliphatic heterocycles. The van der Waals surface area contributed by atoms with Gasteiger partial charge in [0.25, 0.3) is 0 Å². The molecule has 5 aromatic rings. The van der Waals surface area contributed by atoms with Gasteiger partial charge in [0.2, 0.25) is 0 Å². The molecule has 0 nitrogen and oxygen atoms in total. The molecule has 2 atom stereocenters. The smallest absolute Gasteiger partial charge is 0.0159 e. The minimum Gasteiger partial charge on any atom is -0.0679 e. The van der Waals surface area contributed by atoms with Crippen molar-refractivity contribution in [3.63, 3.8) is 0 Å². The van der Waals surface area contributed by atoms with E-state index in [2.05, 4.69) is 148 Å². The van der Waals surface area contributed by atoms with Crippen molar-refractivity contribution in [1.29, 1.82) is 0 Å². The Balaban J connectivity index is 1.35. The van der Waals surface area contributed by atoms with Gasteiger partial charge in [0.05, 0.1) is 0 Å². The maximum absolute atomic E-state index is 2.57. The topological polar surface area (TPSA) is 0 Å². The van der Waals surface area contributed by atoms with Gasteiger partial charge in [-0.3, -0.25) is 0 Å². The summed E-state index contributed by atoms with van der Waals surface area (Å²) in [5.74, 6) is 0.818. The Kier molecular flexibility index (Phi) is 6.08. The monoisotopic (exact) mass is 516 g/mol. The minimum absolute atomic E-state index is 0.0513. The Hall–Kier alpha value is -4.16. The van der Waals surface area contributed by atoms with Gasteiger partial charge in [0.1, 0.15) is 0 Å². The third-order valence-electron chi connectivity index (χ3n) is 9.31. The van der Waals surface area contributed by atoms with Crippen molar-refractivity contribution < 1.29 is 0 Å². The molecular weight excluding hydrogens is 480 g/mol. The molecule has 2 aliphatic rings. The quantitative estimate of drug-likeness (QED) is 0.218. The number of hydrogen-bond acceptors (Lipinski definition) is 0. The van der Waals surface area contributed by atoms with Crippen LogP contribution in [0.2, 0.25) is 0 Å². The molecule has 0 N–H and O–H groups in total. The van der Waals surface area contributed by atoms with Gasteiger partial charge in [-0.25, -0.2) is 0 Å². The van der Waals surface area contributed by atoms with Crippen molar-refractivity contribution in [2.24, 2.45) is 0 Å². The first kappa shape index (κ1) is 24.9. The Morgan fingerprint density at radius 1 is 0.575 bits per heavy atom. The predicted octanol–water partition coefficient (Wildman–Crippen LogP) is 10.8. The summed E-state index contributed by atoms with van der Waals surface area (Å²) in [6, 6.07) is 45.2. The maximum Gasteiger partial charge on any atom is 0.0159 e. The molecule has 7 rings (SSSR count). The molecule has 2 unspecified atom stereocenters. The number of benzene rings is 5. The van der Waals surface area contributed by atoms with Crippen molar-refractivity contribution >= 4 is 5.57 Å². The van der Waals surface area contributed by atoms with Crippen LogP contribution in [-0.2, 0) is 5.41 Å². The van der Waals surface area contributed by atoms with Crippen LogP contribution in [0.4, 0.5) is 0 Å². The molecule has 0 heterocycles. The first-order chi connectivity index (χ1) is 19.6. The lowest BCUT2D eigenvalue weighted by Crippen LogP contribution is -2.19. The minimum atomic E-state index is -0.0513. The molecule has 2 aliphatic carbocycles. The fraction of sp³-hybridized carbons (Fsp3) is 0.200. The molecule has 0 aromatic heterocycles. The summed E-state index contributed by atoms with van der Waals surface area (Å²) in [6.45, 7) is 7.13.